The molecule has 0 aromatic heterocycles. The highest BCUT2D eigenvalue weighted by molar-refractivity contribution is 9.11. The van der Waals surface area contributed by atoms with Crippen LogP contribution in [0.4, 0.5) is 0 Å². The molecule has 2 nitrogen and oxygen atoms in total. The van der Waals surface area contributed by atoms with Crippen LogP contribution < -0.4 is 5.32 Å². The average Bonchev–Trinajstić information content (AvgIpc) is 2.88. The van der Waals surface area contributed by atoms with Gasteiger partial charge in [0.05, 0.1) is 5.56 Å². The molecular formula is C14H17Br2NOS. The average molecular weight is 407 g/mol. The van der Waals surface area contributed by atoms with Gasteiger partial charge in [0.2, 0.25) is 0 Å². The first kappa shape index (κ1) is 15.4. The van der Waals surface area contributed by atoms with E-state index in [0.29, 0.717) is 5.56 Å². The van der Waals surface area contributed by atoms with E-state index in [4.69, 9.17) is 0 Å². The predicted octanol–water partition coefficient (Wildman–Crippen LogP) is 4.62. The van der Waals surface area contributed by atoms with Gasteiger partial charge in [-0.15, -0.1) is 0 Å². The Balaban J connectivity index is 2.03. The Morgan fingerprint density at radius 3 is 2.68 bits per heavy atom. The molecule has 1 fully saturated rings. The van der Waals surface area contributed by atoms with Crippen LogP contribution >= 0.6 is 43.6 Å². The summed E-state index contributed by atoms with van der Waals surface area (Å²) in [6, 6.07) is 5.65. The van der Waals surface area contributed by atoms with Gasteiger partial charge < -0.3 is 5.32 Å². The van der Waals surface area contributed by atoms with Gasteiger partial charge in [0.15, 0.2) is 0 Å². The number of halogens is 2. The van der Waals surface area contributed by atoms with Crippen LogP contribution in [0.25, 0.3) is 0 Å². The number of benzene rings is 1. The van der Waals surface area contributed by atoms with Gasteiger partial charge in [-0.3, -0.25) is 4.79 Å². The van der Waals surface area contributed by atoms with Crippen molar-refractivity contribution in [3.05, 3.63) is 32.7 Å². The largest absolute Gasteiger partial charge is 0.351 e. The Labute approximate surface area is 135 Å². The number of nitrogens with one attached hydrogen (secondary N) is 1. The van der Waals surface area contributed by atoms with E-state index in [-0.39, 0.29) is 10.7 Å². The van der Waals surface area contributed by atoms with Gasteiger partial charge in [-0.25, -0.2) is 0 Å². The standard InChI is InChI=1S/C14H17Br2NOS/c1-19-14(6-2-3-7-14)9-17-13(18)11-8-10(15)4-5-12(11)16/h4-5,8H,2-3,6-7,9H2,1H3,(H,17,18). The molecule has 0 aliphatic heterocycles. The summed E-state index contributed by atoms with van der Waals surface area (Å²) >= 11 is 8.72. The molecule has 1 N–H and O–H groups in total. The summed E-state index contributed by atoms with van der Waals surface area (Å²) in [5.74, 6) is -0.00602. The molecule has 1 aromatic carbocycles. The Kier molecular flexibility index (Phi) is 5.37. The van der Waals surface area contributed by atoms with Crippen molar-refractivity contribution < 1.29 is 4.79 Å². The lowest BCUT2D eigenvalue weighted by Gasteiger charge is -2.27. The summed E-state index contributed by atoms with van der Waals surface area (Å²) in [4.78, 5) is 12.3. The SMILES string of the molecule is CSC1(CNC(=O)c2cc(Br)ccc2Br)CCCC1. The second-order valence-electron chi connectivity index (χ2n) is 4.90. The number of hydrogen-bond donors (Lipinski definition) is 1. The highest BCUT2D eigenvalue weighted by atomic mass is 79.9. The number of carbonyl (C=O) groups excluding carboxylic acids is 1. The Morgan fingerprint density at radius 1 is 1.37 bits per heavy atom. The summed E-state index contributed by atoms with van der Waals surface area (Å²) in [5, 5.41) is 3.09. The van der Waals surface area contributed by atoms with Crippen molar-refractivity contribution in [1.29, 1.82) is 0 Å². The Bertz CT molecular complexity index is 473. The molecule has 1 saturated carbocycles. The summed E-state index contributed by atoms with van der Waals surface area (Å²) in [6.07, 6.45) is 7.10. The fourth-order valence-corrected chi connectivity index (χ4v) is 4.18. The second kappa shape index (κ2) is 6.64. The summed E-state index contributed by atoms with van der Waals surface area (Å²) < 4.78 is 1.99. The van der Waals surface area contributed by atoms with Gasteiger partial charge in [0.1, 0.15) is 0 Å². The third-order valence-electron chi connectivity index (χ3n) is 3.69. The Morgan fingerprint density at radius 2 is 2.05 bits per heavy atom. The molecule has 0 spiro atoms. The van der Waals surface area contributed by atoms with Crippen LogP contribution in [0.5, 0.6) is 0 Å². The third kappa shape index (κ3) is 3.76. The number of amides is 1. The first-order valence-electron chi connectivity index (χ1n) is 6.35. The van der Waals surface area contributed by atoms with Crippen molar-refractivity contribution in [2.75, 3.05) is 12.8 Å². The maximum absolute atomic E-state index is 12.3. The summed E-state index contributed by atoms with van der Waals surface area (Å²) in [6.45, 7) is 0.756. The molecule has 0 bridgehead atoms. The molecule has 1 amide bonds. The van der Waals surface area contributed by atoms with Gasteiger partial charge in [0, 0.05) is 20.2 Å². The normalized spacial score (nSPS) is 17.4. The molecule has 2 rings (SSSR count). The molecule has 19 heavy (non-hydrogen) atoms. The van der Waals surface area contributed by atoms with E-state index in [9.17, 15) is 4.79 Å². The highest BCUT2D eigenvalue weighted by Crippen LogP contribution is 2.39. The summed E-state index contributed by atoms with van der Waals surface area (Å²) in [5.41, 5.74) is 0.684. The van der Waals surface area contributed by atoms with E-state index >= 15 is 0 Å². The number of carbonyl (C=O) groups is 1. The van der Waals surface area contributed by atoms with E-state index in [1.165, 1.54) is 25.7 Å². The zero-order valence-electron chi connectivity index (χ0n) is 10.8. The van der Waals surface area contributed by atoms with Crippen molar-refractivity contribution in [2.24, 2.45) is 0 Å². The second-order valence-corrected chi connectivity index (χ2v) is 7.95. The fourth-order valence-electron chi connectivity index (χ4n) is 2.48. The quantitative estimate of drug-likeness (QED) is 0.790. The minimum Gasteiger partial charge on any atom is -0.351 e. The fraction of sp³-hybridized carbons (Fsp3) is 0.500. The zero-order valence-corrected chi connectivity index (χ0v) is 14.8. The molecule has 0 atom stereocenters. The van der Waals surface area contributed by atoms with E-state index in [0.717, 1.165) is 15.5 Å². The zero-order chi connectivity index (χ0) is 13.9. The third-order valence-corrected chi connectivity index (χ3v) is 6.30. The van der Waals surface area contributed by atoms with Crippen molar-refractivity contribution in [3.63, 3.8) is 0 Å². The lowest BCUT2D eigenvalue weighted by atomic mass is 10.1. The monoisotopic (exact) mass is 405 g/mol. The van der Waals surface area contributed by atoms with Gasteiger partial charge in [-0.05, 0) is 53.2 Å². The molecule has 0 heterocycles. The van der Waals surface area contributed by atoms with Crippen molar-refractivity contribution >= 4 is 49.5 Å². The molecule has 1 aromatic rings. The van der Waals surface area contributed by atoms with Crippen molar-refractivity contribution in [3.8, 4) is 0 Å². The number of hydrogen-bond acceptors (Lipinski definition) is 2. The predicted molar refractivity (Wildman–Crippen MR) is 88.9 cm³/mol. The minimum absolute atomic E-state index is 0.00602. The molecular weight excluding hydrogens is 390 g/mol. The first-order valence-corrected chi connectivity index (χ1v) is 9.16. The Hall–Kier alpha value is -0.000000000000000111. The molecule has 104 valence electrons. The number of rotatable bonds is 4. The molecule has 1 aliphatic rings. The summed E-state index contributed by atoms with van der Waals surface area (Å²) in [7, 11) is 0. The van der Waals surface area contributed by atoms with Gasteiger partial charge in [-0.1, -0.05) is 28.8 Å². The van der Waals surface area contributed by atoms with Crippen LogP contribution in [0.3, 0.4) is 0 Å². The minimum atomic E-state index is -0.00602. The van der Waals surface area contributed by atoms with Crippen LogP contribution in [0.15, 0.2) is 27.1 Å². The van der Waals surface area contributed by atoms with Gasteiger partial charge in [-0.2, -0.15) is 11.8 Å². The maximum atomic E-state index is 12.3. The van der Waals surface area contributed by atoms with Crippen LogP contribution in [-0.2, 0) is 0 Å². The van der Waals surface area contributed by atoms with E-state index < -0.39 is 0 Å². The van der Waals surface area contributed by atoms with Crippen LogP contribution in [0, 0.1) is 0 Å². The van der Waals surface area contributed by atoms with Crippen LogP contribution in [-0.4, -0.2) is 23.5 Å². The molecule has 0 unspecified atom stereocenters. The van der Waals surface area contributed by atoms with Gasteiger partial charge in [0.25, 0.3) is 5.91 Å². The molecule has 0 radical (unpaired) electrons. The van der Waals surface area contributed by atoms with Crippen LogP contribution in [0.2, 0.25) is 0 Å². The van der Waals surface area contributed by atoms with Crippen molar-refractivity contribution in [1.82, 2.24) is 5.32 Å². The topological polar surface area (TPSA) is 29.1 Å². The van der Waals surface area contributed by atoms with Gasteiger partial charge >= 0.3 is 0 Å². The smallest absolute Gasteiger partial charge is 0.252 e. The van der Waals surface area contributed by atoms with E-state index in [2.05, 4.69) is 43.4 Å². The van der Waals surface area contributed by atoms with E-state index in [1.807, 2.05) is 30.0 Å². The molecule has 5 heteroatoms. The van der Waals surface area contributed by atoms with Crippen LogP contribution in [0.1, 0.15) is 36.0 Å². The van der Waals surface area contributed by atoms with E-state index in [1.54, 1.807) is 0 Å². The molecule has 1 aliphatic carbocycles. The maximum Gasteiger partial charge on any atom is 0.252 e. The molecule has 0 saturated heterocycles. The lowest BCUT2D eigenvalue weighted by molar-refractivity contribution is 0.0949. The number of thioether (sulfide) groups is 1. The lowest BCUT2D eigenvalue weighted by Crippen LogP contribution is -2.38. The first-order chi connectivity index (χ1) is 9.06. The highest BCUT2D eigenvalue weighted by Gasteiger charge is 2.33. The van der Waals surface area contributed by atoms with Crippen molar-refractivity contribution in [2.45, 2.75) is 30.4 Å².